The fraction of sp³-hybridized carbons (Fsp3) is 0.125. The highest BCUT2D eigenvalue weighted by molar-refractivity contribution is 7.27. The third-order valence-corrected chi connectivity index (χ3v) is 3.56. The van der Waals surface area contributed by atoms with Crippen molar-refractivity contribution in [1.29, 1.82) is 0 Å². The van der Waals surface area contributed by atoms with Crippen molar-refractivity contribution < 1.29 is 28.1 Å². The zero-order chi connectivity index (χ0) is 16.7. The molecular formula is C16H15O6P. The van der Waals surface area contributed by atoms with Crippen molar-refractivity contribution in [3.8, 4) is 23.0 Å². The second-order valence-electron chi connectivity index (χ2n) is 4.34. The highest BCUT2D eigenvalue weighted by Crippen LogP contribution is 2.36. The Balaban J connectivity index is 2.05. The summed E-state index contributed by atoms with van der Waals surface area (Å²) < 4.78 is 21.4. The van der Waals surface area contributed by atoms with Crippen LogP contribution in [-0.2, 0) is 0 Å². The van der Waals surface area contributed by atoms with Gasteiger partial charge in [0.15, 0.2) is 23.0 Å². The van der Waals surface area contributed by atoms with E-state index in [9.17, 15) is 9.59 Å². The smallest absolute Gasteiger partial charge is 0.275 e. The standard InChI is InChI=1S/C16H15O6P/c1-19-15-7-11(9-17)3-5-13(15)21-23-22-14-6-4-12(10-18)8-16(14)20-2/h3-10,23H,1-2H3. The summed E-state index contributed by atoms with van der Waals surface area (Å²) in [6.45, 7) is 0. The second-order valence-corrected chi connectivity index (χ2v) is 4.92. The van der Waals surface area contributed by atoms with Crippen LogP contribution in [0.15, 0.2) is 36.4 Å². The minimum Gasteiger partial charge on any atom is -0.493 e. The van der Waals surface area contributed by atoms with Gasteiger partial charge in [-0.1, -0.05) is 0 Å². The van der Waals surface area contributed by atoms with Crippen LogP contribution in [-0.4, -0.2) is 26.8 Å². The molecule has 0 saturated carbocycles. The number of carbonyl (C=O) groups excluding carboxylic acids is 2. The maximum atomic E-state index is 10.7. The maximum Gasteiger partial charge on any atom is 0.275 e. The number of aldehydes is 2. The number of hydrogen-bond donors (Lipinski definition) is 0. The second kappa shape index (κ2) is 8.15. The van der Waals surface area contributed by atoms with Crippen LogP contribution in [0.25, 0.3) is 0 Å². The van der Waals surface area contributed by atoms with Crippen molar-refractivity contribution in [2.75, 3.05) is 14.2 Å². The maximum absolute atomic E-state index is 10.7. The van der Waals surface area contributed by atoms with Crippen LogP contribution in [0.5, 0.6) is 23.0 Å². The first kappa shape index (κ1) is 16.8. The van der Waals surface area contributed by atoms with Crippen LogP contribution in [0.3, 0.4) is 0 Å². The van der Waals surface area contributed by atoms with E-state index >= 15 is 0 Å². The number of carbonyl (C=O) groups is 2. The van der Waals surface area contributed by atoms with Gasteiger partial charge in [0.25, 0.3) is 9.03 Å². The van der Waals surface area contributed by atoms with Crippen LogP contribution < -0.4 is 18.5 Å². The summed E-state index contributed by atoms with van der Waals surface area (Å²) >= 11 is 0. The molecule has 2 aromatic carbocycles. The number of benzene rings is 2. The fourth-order valence-electron chi connectivity index (χ4n) is 1.79. The molecule has 2 aromatic rings. The first-order valence-corrected chi connectivity index (χ1v) is 7.38. The van der Waals surface area contributed by atoms with Crippen LogP contribution in [0.4, 0.5) is 0 Å². The van der Waals surface area contributed by atoms with E-state index in [4.69, 9.17) is 18.5 Å². The largest absolute Gasteiger partial charge is 0.493 e. The number of ether oxygens (including phenoxy) is 2. The highest BCUT2D eigenvalue weighted by Gasteiger charge is 2.09. The van der Waals surface area contributed by atoms with Crippen molar-refractivity contribution in [3.05, 3.63) is 47.5 Å². The van der Waals surface area contributed by atoms with Gasteiger partial charge in [-0.3, -0.25) is 9.59 Å². The molecule has 0 amide bonds. The lowest BCUT2D eigenvalue weighted by atomic mass is 10.2. The normalized spacial score (nSPS) is 9.83. The predicted molar refractivity (Wildman–Crippen MR) is 86.3 cm³/mol. The van der Waals surface area contributed by atoms with Crippen molar-refractivity contribution in [3.63, 3.8) is 0 Å². The van der Waals surface area contributed by atoms with E-state index in [-0.39, 0.29) is 9.03 Å². The first-order valence-electron chi connectivity index (χ1n) is 6.57. The topological polar surface area (TPSA) is 71.1 Å². The molecule has 0 atom stereocenters. The Kier molecular flexibility index (Phi) is 5.94. The number of hydrogen-bond acceptors (Lipinski definition) is 6. The monoisotopic (exact) mass is 334 g/mol. The molecule has 0 fully saturated rings. The summed E-state index contributed by atoms with van der Waals surface area (Å²) in [5.74, 6) is 1.79. The van der Waals surface area contributed by atoms with Crippen LogP contribution >= 0.6 is 9.03 Å². The molecule has 0 bridgehead atoms. The van der Waals surface area contributed by atoms with Gasteiger partial charge in [-0.25, -0.2) is 0 Å². The van der Waals surface area contributed by atoms with Gasteiger partial charge in [-0.05, 0) is 36.4 Å². The molecule has 0 aliphatic heterocycles. The van der Waals surface area contributed by atoms with Crippen molar-refractivity contribution in [2.24, 2.45) is 0 Å². The van der Waals surface area contributed by atoms with Gasteiger partial charge in [0.1, 0.15) is 12.6 Å². The molecular weight excluding hydrogens is 319 g/mol. The molecule has 0 radical (unpaired) electrons. The van der Waals surface area contributed by atoms with Gasteiger partial charge in [-0.15, -0.1) is 0 Å². The Bertz CT molecular complexity index is 641. The molecule has 120 valence electrons. The lowest BCUT2D eigenvalue weighted by Crippen LogP contribution is -1.94. The molecule has 0 saturated heterocycles. The number of rotatable bonds is 8. The van der Waals surface area contributed by atoms with Crippen LogP contribution in [0, 0.1) is 0 Å². The SMILES string of the molecule is COc1cc(C=O)ccc1OPOc1ccc(C=O)cc1OC. The molecule has 7 heteroatoms. The van der Waals surface area contributed by atoms with Crippen molar-refractivity contribution in [2.45, 2.75) is 0 Å². The van der Waals surface area contributed by atoms with Gasteiger partial charge in [0, 0.05) is 11.1 Å². The molecule has 0 unspecified atom stereocenters. The first-order chi connectivity index (χ1) is 11.2. The Morgan fingerprint density at radius 3 is 1.52 bits per heavy atom. The van der Waals surface area contributed by atoms with Crippen molar-refractivity contribution >= 4 is 21.6 Å². The molecule has 0 aliphatic rings. The summed E-state index contributed by atoms with van der Waals surface area (Å²) in [4.78, 5) is 21.5. The Morgan fingerprint density at radius 1 is 0.739 bits per heavy atom. The molecule has 0 aliphatic carbocycles. The minimum absolute atomic E-state index is 0.356. The average Bonchev–Trinajstić information content (AvgIpc) is 2.61. The molecule has 0 aromatic heterocycles. The highest BCUT2D eigenvalue weighted by atomic mass is 31.1. The molecule has 0 heterocycles. The summed E-state index contributed by atoms with van der Waals surface area (Å²) in [7, 11) is 2.62. The minimum atomic E-state index is -0.356. The van der Waals surface area contributed by atoms with Gasteiger partial charge >= 0.3 is 0 Å². The Labute approximate surface area is 135 Å². The molecule has 6 nitrogen and oxygen atoms in total. The zero-order valence-electron chi connectivity index (χ0n) is 12.6. The summed E-state index contributed by atoms with van der Waals surface area (Å²) in [6, 6.07) is 9.65. The Morgan fingerprint density at radius 2 is 1.17 bits per heavy atom. The Hall–Kier alpha value is -2.59. The van der Waals surface area contributed by atoms with E-state index in [1.807, 2.05) is 0 Å². The molecule has 2 rings (SSSR count). The van der Waals surface area contributed by atoms with Crippen molar-refractivity contribution in [1.82, 2.24) is 0 Å². The van der Waals surface area contributed by atoms with Gasteiger partial charge in [-0.2, -0.15) is 0 Å². The van der Waals surface area contributed by atoms with Gasteiger partial charge in [0.2, 0.25) is 0 Å². The fourth-order valence-corrected chi connectivity index (χ4v) is 2.35. The molecule has 23 heavy (non-hydrogen) atoms. The number of methoxy groups -OCH3 is 2. The lowest BCUT2D eigenvalue weighted by Gasteiger charge is -2.12. The predicted octanol–water partition coefficient (Wildman–Crippen LogP) is 3.30. The van der Waals surface area contributed by atoms with E-state index in [0.717, 1.165) is 12.6 Å². The van der Waals surface area contributed by atoms with E-state index in [0.29, 0.717) is 34.1 Å². The van der Waals surface area contributed by atoms with Crippen LogP contribution in [0.2, 0.25) is 0 Å². The van der Waals surface area contributed by atoms with E-state index in [2.05, 4.69) is 0 Å². The lowest BCUT2D eigenvalue weighted by molar-refractivity contribution is 0.111. The molecule has 0 N–H and O–H groups in total. The van der Waals surface area contributed by atoms with E-state index in [1.54, 1.807) is 36.4 Å². The van der Waals surface area contributed by atoms with E-state index < -0.39 is 0 Å². The van der Waals surface area contributed by atoms with Gasteiger partial charge < -0.3 is 18.5 Å². The zero-order valence-corrected chi connectivity index (χ0v) is 13.6. The summed E-state index contributed by atoms with van der Waals surface area (Å²) in [5.41, 5.74) is 0.981. The van der Waals surface area contributed by atoms with Gasteiger partial charge in [0.05, 0.1) is 14.2 Å². The van der Waals surface area contributed by atoms with Crippen LogP contribution in [0.1, 0.15) is 20.7 Å². The average molecular weight is 334 g/mol. The third-order valence-electron chi connectivity index (χ3n) is 2.95. The third kappa shape index (κ3) is 4.20. The molecule has 0 spiro atoms. The van der Waals surface area contributed by atoms with E-state index in [1.165, 1.54) is 14.2 Å². The summed E-state index contributed by atoms with van der Waals surface area (Å²) in [5, 5.41) is 0. The quantitative estimate of drug-likeness (QED) is 0.545. The summed E-state index contributed by atoms with van der Waals surface area (Å²) in [6.07, 6.45) is 1.45.